The van der Waals surface area contributed by atoms with Gasteiger partial charge >= 0.3 is 0 Å². The normalized spacial score (nSPS) is 11.4. The number of aromatic nitrogens is 3. The van der Waals surface area contributed by atoms with Gasteiger partial charge in [0.05, 0.1) is 11.2 Å². The Labute approximate surface area is 137 Å². The van der Waals surface area contributed by atoms with Crippen molar-refractivity contribution in [2.24, 2.45) is 0 Å². The number of para-hydroxylation sites is 1. The summed E-state index contributed by atoms with van der Waals surface area (Å²) in [6, 6.07) is 11.7. The molecule has 5 heteroatoms. The van der Waals surface area contributed by atoms with Crippen LogP contribution in [0.2, 0.25) is 0 Å². The fraction of sp³-hybridized carbons (Fsp3) is 0.167. The SMILES string of the molecule is Cc1cc(C)c2c(n1)sc1c(=O)n(-c3ccccc3)c(C)nc12. The molecule has 4 aromatic rings. The molecule has 0 N–H and O–H groups in total. The zero-order chi connectivity index (χ0) is 16.1. The van der Waals surface area contributed by atoms with E-state index in [0.29, 0.717) is 10.5 Å². The lowest BCUT2D eigenvalue weighted by molar-refractivity contribution is 0.898. The molecule has 0 bridgehead atoms. The first-order chi connectivity index (χ1) is 11.1. The molecule has 0 saturated heterocycles. The van der Waals surface area contributed by atoms with Gasteiger partial charge in [-0.05, 0) is 44.5 Å². The first-order valence-corrected chi connectivity index (χ1v) is 8.23. The van der Waals surface area contributed by atoms with Crippen LogP contribution in [-0.2, 0) is 0 Å². The molecular weight excluding hydrogens is 306 g/mol. The molecule has 0 radical (unpaired) electrons. The van der Waals surface area contributed by atoms with Gasteiger partial charge in [0.25, 0.3) is 5.56 Å². The van der Waals surface area contributed by atoms with Gasteiger partial charge in [-0.2, -0.15) is 0 Å². The van der Waals surface area contributed by atoms with E-state index in [1.165, 1.54) is 11.3 Å². The van der Waals surface area contributed by atoms with Gasteiger partial charge in [0.15, 0.2) is 0 Å². The standard InChI is InChI=1S/C18H15N3OS/c1-10-9-11(2)19-17-14(10)15-16(23-17)18(22)21(12(3)20-15)13-7-5-4-6-8-13/h4-9H,1-3H3. The van der Waals surface area contributed by atoms with E-state index in [1.807, 2.05) is 57.2 Å². The van der Waals surface area contributed by atoms with Crippen molar-refractivity contribution in [1.82, 2.24) is 14.5 Å². The minimum Gasteiger partial charge on any atom is -0.267 e. The van der Waals surface area contributed by atoms with E-state index >= 15 is 0 Å². The molecule has 0 atom stereocenters. The predicted octanol–water partition coefficient (Wildman–Crippen LogP) is 3.92. The quantitative estimate of drug-likeness (QED) is 0.534. The Kier molecular flexibility index (Phi) is 3.06. The topological polar surface area (TPSA) is 47.8 Å². The first kappa shape index (κ1) is 14.1. The van der Waals surface area contributed by atoms with E-state index in [0.717, 1.165) is 32.7 Å². The van der Waals surface area contributed by atoms with Crippen LogP contribution in [0.3, 0.4) is 0 Å². The predicted molar refractivity (Wildman–Crippen MR) is 94.7 cm³/mol. The number of nitrogens with zero attached hydrogens (tertiary/aromatic N) is 3. The third-order valence-corrected chi connectivity index (χ3v) is 5.03. The monoisotopic (exact) mass is 321 g/mol. The molecule has 0 aliphatic carbocycles. The molecule has 4 rings (SSSR count). The number of hydrogen-bond acceptors (Lipinski definition) is 4. The second-order valence-corrected chi connectivity index (χ2v) is 6.67. The summed E-state index contributed by atoms with van der Waals surface area (Å²) in [4.78, 5) is 23.2. The Morgan fingerprint density at radius 2 is 1.78 bits per heavy atom. The fourth-order valence-corrected chi connectivity index (χ4v) is 4.18. The summed E-state index contributed by atoms with van der Waals surface area (Å²) in [6.07, 6.45) is 0. The summed E-state index contributed by atoms with van der Waals surface area (Å²) in [5.41, 5.74) is 3.65. The minimum atomic E-state index is -0.0289. The maximum Gasteiger partial charge on any atom is 0.276 e. The van der Waals surface area contributed by atoms with Gasteiger partial charge in [0, 0.05) is 11.1 Å². The molecule has 0 unspecified atom stereocenters. The van der Waals surface area contributed by atoms with Gasteiger partial charge in [0.2, 0.25) is 0 Å². The van der Waals surface area contributed by atoms with Crippen molar-refractivity contribution in [2.45, 2.75) is 20.8 Å². The lowest BCUT2D eigenvalue weighted by atomic mass is 10.1. The number of thiophene rings is 1. The van der Waals surface area contributed by atoms with Crippen LogP contribution in [0, 0.1) is 20.8 Å². The van der Waals surface area contributed by atoms with Crippen LogP contribution in [0.25, 0.3) is 26.1 Å². The van der Waals surface area contributed by atoms with E-state index in [-0.39, 0.29) is 5.56 Å². The zero-order valence-electron chi connectivity index (χ0n) is 13.1. The Morgan fingerprint density at radius 3 is 2.52 bits per heavy atom. The number of fused-ring (bicyclic) bond motifs is 3. The molecule has 0 saturated carbocycles. The number of aryl methyl sites for hydroxylation is 3. The molecule has 3 aromatic heterocycles. The summed E-state index contributed by atoms with van der Waals surface area (Å²) in [6.45, 7) is 5.88. The Balaban J connectivity index is 2.16. The number of benzene rings is 1. The lowest BCUT2D eigenvalue weighted by Gasteiger charge is -2.09. The molecule has 4 nitrogen and oxygen atoms in total. The van der Waals surface area contributed by atoms with Crippen molar-refractivity contribution < 1.29 is 0 Å². The highest BCUT2D eigenvalue weighted by Gasteiger charge is 2.17. The van der Waals surface area contributed by atoms with E-state index in [4.69, 9.17) is 4.98 Å². The second-order valence-electron chi connectivity index (χ2n) is 5.68. The maximum absolute atomic E-state index is 13.0. The summed E-state index contributed by atoms with van der Waals surface area (Å²) in [5, 5.41) is 0.996. The Morgan fingerprint density at radius 1 is 1.04 bits per heavy atom. The smallest absolute Gasteiger partial charge is 0.267 e. The second kappa shape index (κ2) is 4.99. The molecule has 1 aromatic carbocycles. The fourth-order valence-electron chi connectivity index (χ4n) is 3.02. The average molecular weight is 321 g/mol. The molecule has 0 aliphatic heterocycles. The third kappa shape index (κ3) is 2.08. The van der Waals surface area contributed by atoms with Crippen LogP contribution < -0.4 is 5.56 Å². The summed E-state index contributed by atoms with van der Waals surface area (Å²) < 4.78 is 2.33. The van der Waals surface area contributed by atoms with Crippen LogP contribution in [0.15, 0.2) is 41.2 Å². The highest BCUT2D eigenvalue weighted by atomic mass is 32.1. The van der Waals surface area contributed by atoms with Crippen molar-refractivity contribution >= 4 is 31.8 Å². The van der Waals surface area contributed by atoms with Gasteiger partial charge < -0.3 is 0 Å². The van der Waals surface area contributed by atoms with Crippen molar-refractivity contribution in [3.63, 3.8) is 0 Å². The first-order valence-electron chi connectivity index (χ1n) is 7.42. The number of rotatable bonds is 1. The molecule has 3 heterocycles. The van der Waals surface area contributed by atoms with Gasteiger partial charge in [-0.1, -0.05) is 18.2 Å². The summed E-state index contributed by atoms with van der Waals surface area (Å²) in [5.74, 6) is 0.688. The summed E-state index contributed by atoms with van der Waals surface area (Å²) in [7, 11) is 0. The van der Waals surface area contributed by atoms with E-state index < -0.39 is 0 Å². The number of pyridine rings is 1. The Bertz CT molecular complexity index is 1110. The largest absolute Gasteiger partial charge is 0.276 e. The van der Waals surface area contributed by atoms with Crippen LogP contribution in [0.4, 0.5) is 0 Å². The maximum atomic E-state index is 13.0. The van der Waals surface area contributed by atoms with Crippen LogP contribution in [-0.4, -0.2) is 14.5 Å². The minimum absolute atomic E-state index is 0.0289. The Hall–Kier alpha value is -2.53. The van der Waals surface area contributed by atoms with Gasteiger partial charge in [-0.25, -0.2) is 9.97 Å². The molecule has 0 aliphatic rings. The highest BCUT2D eigenvalue weighted by Crippen LogP contribution is 2.32. The van der Waals surface area contributed by atoms with Crippen molar-refractivity contribution in [2.75, 3.05) is 0 Å². The molecule has 114 valence electrons. The number of hydrogen-bond donors (Lipinski definition) is 0. The van der Waals surface area contributed by atoms with E-state index in [9.17, 15) is 4.79 Å². The van der Waals surface area contributed by atoms with E-state index in [2.05, 4.69) is 4.98 Å². The molecule has 0 spiro atoms. The van der Waals surface area contributed by atoms with Gasteiger partial charge in [-0.15, -0.1) is 11.3 Å². The van der Waals surface area contributed by atoms with Gasteiger partial charge in [0.1, 0.15) is 15.4 Å². The highest BCUT2D eigenvalue weighted by molar-refractivity contribution is 7.25. The van der Waals surface area contributed by atoms with Crippen molar-refractivity contribution in [3.8, 4) is 5.69 Å². The molecular formula is C18H15N3OS. The van der Waals surface area contributed by atoms with Crippen molar-refractivity contribution in [3.05, 3.63) is 63.8 Å². The molecule has 0 fully saturated rings. The lowest BCUT2D eigenvalue weighted by Crippen LogP contribution is -2.21. The van der Waals surface area contributed by atoms with Crippen LogP contribution >= 0.6 is 11.3 Å². The van der Waals surface area contributed by atoms with Crippen LogP contribution in [0.5, 0.6) is 0 Å². The van der Waals surface area contributed by atoms with E-state index in [1.54, 1.807) is 4.57 Å². The van der Waals surface area contributed by atoms with Gasteiger partial charge in [-0.3, -0.25) is 9.36 Å². The third-order valence-electron chi connectivity index (χ3n) is 3.97. The average Bonchev–Trinajstić information content (AvgIpc) is 2.87. The van der Waals surface area contributed by atoms with Crippen molar-refractivity contribution in [1.29, 1.82) is 0 Å². The summed E-state index contributed by atoms with van der Waals surface area (Å²) >= 11 is 1.43. The van der Waals surface area contributed by atoms with Crippen LogP contribution in [0.1, 0.15) is 17.1 Å². The zero-order valence-corrected chi connectivity index (χ0v) is 13.9. The molecule has 23 heavy (non-hydrogen) atoms. The molecule has 0 amide bonds.